The van der Waals surface area contributed by atoms with Gasteiger partial charge >= 0.3 is 0 Å². The third kappa shape index (κ3) is 7.57. The van der Waals surface area contributed by atoms with Crippen LogP contribution in [-0.2, 0) is 19.6 Å². The second-order valence-electron chi connectivity index (χ2n) is 9.17. The summed E-state index contributed by atoms with van der Waals surface area (Å²) in [7, 11) is -3.88. The quantitative estimate of drug-likeness (QED) is 0.459. The molecule has 0 saturated carbocycles. The molecule has 0 bridgehead atoms. The number of nitrogens with one attached hydrogen (secondary N) is 2. The number of hydrogen-bond acceptors (Lipinski definition) is 6. The molecular weight excluding hydrogens is 571 g/mol. The molecule has 2 aromatic rings. The van der Waals surface area contributed by atoms with Crippen molar-refractivity contribution in [2.75, 3.05) is 26.2 Å². The first-order valence-corrected chi connectivity index (χ1v) is 15.3. The fourth-order valence-electron chi connectivity index (χ4n) is 4.59. The fraction of sp³-hybridized carbons (Fsp3) is 0.400. The van der Waals surface area contributed by atoms with E-state index in [1.165, 1.54) is 22.3 Å². The van der Waals surface area contributed by atoms with E-state index in [1.54, 1.807) is 41.3 Å². The maximum absolute atomic E-state index is 13.1. The molecule has 3 heterocycles. The van der Waals surface area contributed by atoms with E-state index >= 15 is 0 Å². The fourth-order valence-corrected chi connectivity index (χ4v) is 6.85. The number of benzene rings is 1. The van der Waals surface area contributed by atoms with Crippen molar-refractivity contribution in [3.05, 3.63) is 61.6 Å². The molecule has 38 heavy (non-hydrogen) atoms. The van der Waals surface area contributed by atoms with E-state index in [4.69, 9.17) is 23.2 Å². The number of thiophene rings is 1. The number of nitrogens with zero attached hydrogens (tertiary/aromatic N) is 2. The van der Waals surface area contributed by atoms with Gasteiger partial charge in [0.05, 0.1) is 10.9 Å². The van der Waals surface area contributed by atoms with Crippen molar-refractivity contribution in [1.29, 1.82) is 0 Å². The Balaban J connectivity index is 1.31. The van der Waals surface area contributed by atoms with Gasteiger partial charge in [-0.1, -0.05) is 29.3 Å². The first kappa shape index (κ1) is 28.6. The number of carbonyl (C=O) groups excluding carboxylic acids is 3. The SMILES string of the molecule is O=C(NC[C@@H]1CCCN1C(=O)CN1CCC[C@H](NS(=O)(=O)/C=C/c2ccc(Cl)s2)C1=O)c1cccc(Cl)c1. The van der Waals surface area contributed by atoms with Crippen molar-refractivity contribution in [2.45, 2.75) is 37.8 Å². The van der Waals surface area contributed by atoms with E-state index in [0.29, 0.717) is 45.7 Å². The van der Waals surface area contributed by atoms with Crippen LogP contribution in [0, 0.1) is 0 Å². The Labute approximate surface area is 235 Å². The van der Waals surface area contributed by atoms with Crippen molar-refractivity contribution in [1.82, 2.24) is 19.8 Å². The Kier molecular flexibility index (Phi) is 9.48. The lowest BCUT2D eigenvalue weighted by Crippen LogP contribution is -2.55. The lowest BCUT2D eigenvalue weighted by molar-refractivity contribution is -0.143. The normalized spacial score (nSPS) is 20.3. The van der Waals surface area contributed by atoms with Gasteiger partial charge in [-0.05, 0) is 62.1 Å². The predicted molar refractivity (Wildman–Crippen MR) is 149 cm³/mol. The molecule has 2 N–H and O–H groups in total. The largest absolute Gasteiger partial charge is 0.350 e. The summed E-state index contributed by atoms with van der Waals surface area (Å²) in [5, 5.41) is 4.34. The van der Waals surface area contributed by atoms with Gasteiger partial charge < -0.3 is 15.1 Å². The van der Waals surface area contributed by atoms with Gasteiger partial charge in [0.1, 0.15) is 6.04 Å². The van der Waals surface area contributed by atoms with Crippen LogP contribution in [0.3, 0.4) is 0 Å². The van der Waals surface area contributed by atoms with Crippen molar-refractivity contribution < 1.29 is 22.8 Å². The number of rotatable bonds is 9. The maximum atomic E-state index is 13.1. The summed E-state index contributed by atoms with van der Waals surface area (Å²) < 4.78 is 28.1. The number of piperidine rings is 1. The monoisotopic (exact) mass is 598 g/mol. The van der Waals surface area contributed by atoms with E-state index in [-0.39, 0.29) is 30.9 Å². The minimum absolute atomic E-state index is 0.140. The number of halogens is 2. The summed E-state index contributed by atoms with van der Waals surface area (Å²) >= 11 is 13.1. The highest BCUT2D eigenvalue weighted by molar-refractivity contribution is 7.92. The molecular formula is C25H28Cl2N4O5S2. The molecule has 0 radical (unpaired) electrons. The summed E-state index contributed by atoms with van der Waals surface area (Å²) in [6.07, 6.45) is 3.87. The molecule has 2 aliphatic rings. The van der Waals surface area contributed by atoms with Crippen LogP contribution < -0.4 is 10.0 Å². The molecule has 4 rings (SSSR count). The van der Waals surface area contributed by atoms with E-state index in [9.17, 15) is 22.8 Å². The number of amides is 3. The molecule has 1 aromatic carbocycles. The first-order chi connectivity index (χ1) is 18.1. The molecule has 2 atom stereocenters. The van der Waals surface area contributed by atoms with Gasteiger partial charge in [0.25, 0.3) is 5.91 Å². The number of hydrogen-bond donors (Lipinski definition) is 2. The summed E-state index contributed by atoms with van der Waals surface area (Å²) in [4.78, 5) is 42.4. The maximum Gasteiger partial charge on any atom is 0.251 e. The highest BCUT2D eigenvalue weighted by Crippen LogP contribution is 2.23. The molecule has 0 aliphatic carbocycles. The molecule has 3 amide bonds. The first-order valence-electron chi connectivity index (χ1n) is 12.2. The zero-order valence-corrected chi connectivity index (χ0v) is 23.6. The van der Waals surface area contributed by atoms with Gasteiger partial charge in [0, 0.05) is 46.5 Å². The zero-order valence-electron chi connectivity index (χ0n) is 20.4. The van der Waals surface area contributed by atoms with Gasteiger partial charge in [-0.25, -0.2) is 8.42 Å². The summed E-state index contributed by atoms with van der Waals surface area (Å²) in [6, 6.07) is 8.87. The van der Waals surface area contributed by atoms with Gasteiger partial charge in [-0.3, -0.25) is 14.4 Å². The van der Waals surface area contributed by atoms with E-state index < -0.39 is 22.0 Å². The molecule has 1 aromatic heterocycles. The van der Waals surface area contributed by atoms with Gasteiger partial charge in [0.15, 0.2) is 0 Å². The molecule has 0 unspecified atom stereocenters. The van der Waals surface area contributed by atoms with Crippen molar-refractivity contribution in [2.24, 2.45) is 0 Å². The minimum atomic E-state index is -3.88. The summed E-state index contributed by atoms with van der Waals surface area (Å²) in [6.45, 7) is 1.05. The van der Waals surface area contributed by atoms with Crippen LogP contribution in [0.5, 0.6) is 0 Å². The van der Waals surface area contributed by atoms with Crippen LogP contribution in [0.2, 0.25) is 9.36 Å². The minimum Gasteiger partial charge on any atom is -0.350 e. The summed E-state index contributed by atoms with van der Waals surface area (Å²) in [5.74, 6) is -0.925. The average molecular weight is 600 g/mol. The number of carbonyl (C=O) groups is 3. The Hall–Kier alpha value is -2.44. The van der Waals surface area contributed by atoms with Crippen LogP contribution >= 0.6 is 34.5 Å². The van der Waals surface area contributed by atoms with Gasteiger partial charge in [-0.15, -0.1) is 11.3 Å². The smallest absolute Gasteiger partial charge is 0.251 e. The lowest BCUT2D eigenvalue weighted by Gasteiger charge is -2.34. The third-order valence-corrected chi connectivity index (χ3v) is 8.99. The van der Waals surface area contributed by atoms with Gasteiger partial charge in [-0.2, -0.15) is 4.72 Å². The van der Waals surface area contributed by atoms with E-state index in [0.717, 1.165) is 18.2 Å². The van der Waals surface area contributed by atoms with Crippen LogP contribution in [0.1, 0.15) is 40.9 Å². The standard InChI is InChI=1S/C25H28Cl2N4O5S2/c26-18-5-1-4-17(14-18)24(33)28-15-19-6-2-12-31(19)23(32)16-30-11-3-7-21(25(30)34)29-38(35,36)13-10-20-8-9-22(27)37-20/h1,4-5,8-10,13-14,19,21,29H,2-3,6-7,11-12,15-16H2,(H,28,33)/b13-10+/t19-,21-/m0/s1. The Morgan fingerprint density at radius 3 is 2.63 bits per heavy atom. The Bertz CT molecular complexity index is 1330. The third-order valence-electron chi connectivity index (χ3n) is 6.45. The van der Waals surface area contributed by atoms with E-state index in [2.05, 4.69) is 10.0 Å². The van der Waals surface area contributed by atoms with Crippen molar-refractivity contribution in [3.8, 4) is 0 Å². The van der Waals surface area contributed by atoms with Crippen molar-refractivity contribution >= 4 is 68.4 Å². The second kappa shape index (κ2) is 12.6. The molecule has 204 valence electrons. The summed E-state index contributed by atoms with van der Waals surface area (Å²) in [5.41, 5.74) is 0.440. The predicted octanol–water partition coefficient (Wildman–Crippen LogP) is 3.36. The molecule has 13 heteroatoms. The number of sulfonamides is 1. The van der Waals surface area contributed by atoms with Crippen LogP contribution in [0.15, 0.2) is 41.8 Å². The highest BCUT2D eigenvalue weighted by atomic mass is 35.5. The molecule has 2 fully saturated rings. The molecule has 0 spiro atoms. The molecule has 2 aliphatic heterocycles. The van der Waals surface area contributed by atoms with Crippen LogP contribution in [0.25, 0.3) is 6.08 Å². The Morgan fingerprint density at radius 1 is 1.11 bits per heavy atom. The second-order valence-corrected chi connectivity index (χ2v) is 12.9. The number of likely N-dealkylation sites (tertiary alicyclic amines) is 2. The van der Waals surface area contributed by atoms with Gasteiger partial charge in [0.2, 0.25) is 21.8 Å². The molecule has 2 saturated heterocycles. The topological polar surface area (TPSA) is 116 Å². The van der Waals surface area contributed by atoms with Crippen LogP contribution in [-0.4, -0.2) is 74.2 Å². The van der Waals surface area contributed by atoms with Crippen LogP contribution in [0.4, 0.5) is 0 Å². The average Bonchev–Trinajstić information content (AvgIpc) is 3.52. The lowest BCUT2D eigenvalue weighted by atomic mass is 10.1. The van der Waals surface area contributed by atoms with Crippen molar-refractivity contribution in [3.63, 3.8) is 0 Å². The zero-order chi connectivity index (χ0) is 27.3. The van der Waals surface area contributed by atoms with E-state index in [1.807, 2.05) is 0 Å². The highest BCUT2D eigenvalue weighted by Gasteiger charge is 2.35. The Morgan fingerprint density at radius 2 is 1.89 bits per heavy atom. The molecule has 9 nitrogen and oxygen atoms in total.